The SMILES string of the molecule is Clc1cccc2c1c1ccccc1n2-c1cccc2c3ccccc3n(-c3cccc4ccccc34)c12. The highest BCUT2D eigenvalue weighted by Gasteiger charge is 2.21. The van der Waals surface area contributed by atoms with Gasteiger partial charge in [0.1, 0.15) is 0 Å². The second-order valence-electron chi connectivity index (χ2n) is 9.51. The van der Waals surface area contributed by atoms with Crippen LogP contribution >= 0.6 is 11.6 Å². The lowest BCUT2D eigenvalue weighted by molar-refractivity contribution is 1.14. The molecule has 0 atom stereocenters. The number of halogens is 1. The van der Waals surface area contributed by atoms with Crippen LogP contribution in [0.5, 0.6) is 0 Å². The number of benzene rings is 6. The highest BCUT2D eigenvalue weighted by molar-refractivity contribution is 6.38. The molecule has 0 saturated heterocycles. The fourth-order valence-electron chi connectivity index (χ4n) is 6.07. The monoisotopic (exact) mass is 492 g/mol. The van der Waals surface area contributed by atoms with Crippen LogP contribution in [0.4, 0.5) is 0 Å². The molecule has 2 nitrogen and oxygen atoms in total. The summed E-state index contributed by atoms with van der Waals surface area (Å²) in [5, 5.41) is 7.95. The van der Waals surface area contributed by atoms with Crippen molar-refractivity contribution in [1.29, 1.82) is 0 Å². The van der Waals surface area contributed by atoms with E-state index in [4.69, 9.17) is 11.6 Å². The van der Waals surface area contributed by atoms with Crippen molar-refractivity contribution in [3.05, 3.63) is 132 Å². The zero-order valence-corrected chi connectivity index (χ0v) is 20.7. The number of hydrogen-bond donors (Lipinski definition) is 0. The van der Waals surface area contributed by atoms with Gasteiger partial charge in [-0.1, -0.05) is 103 Å². The van der Waals surface area contributed by atoms with Crippen molar-refractivity contribution in [2.75, 3.05) is 0 Å². The fourth-order valence-corrected chi connectivity index (χ4v) is 6.34. The molecule has 0 aliphatic carbocycles. The third-order valence-corrected chi connectivity index (χ3v) is 7.88. The summed E-state index contributed by atoms with van der Waals surface area (Å²) < 4.78 is 4.81. The molecule has 0 spiro atoms. The fraction of sp³-hybridized carbons (Fsp3) is 0. The molecule has 2 heterocycles. The van der Waals surface area contributed by atoms with Crippen LogP contribution in [0.3, 0.4) is 0 Å². The van der Waals surface area contributed by atoms with Crippen LogP contribution in [-0.2, 0) is 0 Å². The molecule has 0 radical (unpaired) electrons. The van der Waals surface area contributed by atoms with Crippen LogP contribution in [0.2, 0.25) is 5.02 Å². The van der Waals surface area contributed by atoms with Gasteiger partial charge in [-0.2, -0.15) is 0 Å². The summed E-state index contributed by atoms with van der Waals surface area (Å²) in [4.78, 5) is 0. The van der Waals surface area contributed by atoms with E-state index in [1.165, 1.54) is 38.3 Å². The van der Waals surface area contributed by atoms with Gasteiger partial charge in [0.2, 0.25) is 0 Å². The summed E-state index contributed by atoms with van der Waals surface area (Å²) >= 11 is 6.79. The first-order valence-corrected chi connectivity index (χ1v) is 12.9. The molecule has 0 N–H and O–H groups in total. The lowest BCUT2D eigenvalue weighted by Crippen LogP contribution is -2.01. The van der Waals surface area contributed by atoms with E-state index >= 15 is 0 Å². The van der Waals surface area contributed by atoms with Crippen molar-refractivity contribution in [2.24, 2.45) is 0 Å². The molecule has 2 aromatic heterocycles. The van der Waals surface area contributed by atoms with Crippen LogP contribution < -0.4 is 0 Å². The number of hydrogen-bond acceptors (Lipinski definition) is 0. The summed E-state index contributed by atoms with van der Waals surface area (Å²) in [6, 6.07) is 45.3. The van der Waals surface area contributed by atoms with Crippen molar-refractivity contribution in [2.45, 2.75) is 0 Å². The van der Waals surface area contributed by atoms with Gasteiger partial charge >= 0.3 is 0 Å². The molecule has 0 aliphatic rings. The summed E-state index contributed by atoms with van der Waals surface area (Å²) in [5.74, 6) is 0. The van der Waals surface area contributed by atoms with E-state index < -0.39 is 0 Å². The number of nitrogens with zero attached hydrogens (tertiary/aromatic N) is 2. The predicted octanol–water partition coefficient (Wildman–Crippen LogP) is 9.69. The minimum Gasteiger partial charge on any atom is -0.307 e. The molecule has 8 rings (SSSR count). The number of rotatable bonds is 2. The second-order valence-corrected chi connectivity index (χ2v) is 9.92. The maximum Gasteiger partial charge on any atom is 0.0782 e. The predicted molar refractivity (Wildman–Crippen MR) is 158 cm³/mol. The van der Waals surface area contributed by atoms with Crippen LogP contribution in [-0.4, -0.2) is 9.13 Å². The normalized spacial score (nSPS) is 11.9. The average molecular weight is 493 g/mol. The Morgan fingerprint density at radius 2 is 0.973 bits per heavy atom. The van der Waals surface area contributed by atoms with Gasteiger partial charge in [-0.05, 0) is 41.8 Å². The largest absolute Gasteiger partial charge is 0.307 e. The first-order valence-electron chi connectivity index (χ1n) is 12.5. The third-order valence-electron chi connectivity index (χ3n) is 7.57. The summed E-state index contributed by atoms with van der Waals surface area (Å²) in [7, 11) is 0. The first kappa shape index (κ1) is 20.6. The van der Waals surface area contributed by atoms with Gasteiger partial charge in [0.15, 0.2) is 0 Å². The van der Waals surface area contributed by atoms with Crippen LogP contribution in [0.15, 0.2) is 127 Å². The number of aromatic nitrogens is 2. The minimum atomic E-state index is 0.772. The molecule has 0 aliphatic heterocycles. The molecule has 0 unspecified atom stereocenters. The number of para-hydroxylation sites is 3. The van der Waals surface area contributed by atoms with Gasteiger partial charge in [-0.3, -0.25) is 0 Å². The maximum absolute atomic E-state index is 6.79. The quantitative estimate of drug-likeness (QED) is 0.227. The molecule has 8 aromatic rings. The summed E-state index contributed by atoms with van der Waals surface area (Å²) in [6.45, 7) is 0. The van der Waals surface area contributed by atoms with E-state index in [1.807, 2.05) is 12.1 Å². The van der Waals surface area contributed by atoms with Gasteiger partial charge in [0.25, 0.3) is 0 Å². The summed E-state index contributed by atoms with van der Waals surface area (Å²) in [6.07, 6.45) is 0. The Balaban J connectivity index is 1.62. The van der Waals surface area contributed by atoms with Crippen LogP contribution in [0, 0.1) is 0 Å². The molecule has 3 heteroatoms. The first-order chi connectivity index (χ1) is 18.3. The van der Waals surface area contributed by atoms with E-state index in [9.17, 15) is 0 Å². The smallest absolute Gasteiger partial charge is 0.0782 e. The van der Waals surface area contributed by atoms with Crippen LogP contribution in [0.1, 0.15) is 0 Å². The topological polar surface area (TPSA) is 9.86 Å². The standard InChI is InChI=1S/C34H21ClN2/c35-27-16-9-20-31-33(27)26-14-4-6-18-30(26)36(31)32-21-8-15-25-24-13-3-5-17-29(24)37(34(25)32)28-19-7-11-22-10-1-2-12-23(22)28/h1-21H. The third kappa shape index (κ3) is 2.82. The zero-order chi connectivity index (χ0) is 24.5. The van der Waals surface area contributed by atoms with Crippen molar-refractivity contribution < 1.29 is 0 Å². The Morgan fingerprint density at radius 1 is 0.405 bits per heavy atom. The number of fused-ring (bicyclic) bond motifs is 7. The molecule has 0 bridgehead atoms. The Hall–Kier alpha value is -4.53. The van der Waals surface area contributed by atoms with Crippen molar-refractivity contribution in [1.82, 2.24) is 9.13 Å². The van der Waals surface area contributed by atoms with Gasteiger partial charge in [-0.15, -0.1) is 0 Å². The lowest BCUT2D eigenvalue weighted by Gasteiger charge is -2.16. The Labute approximate surface area is 218 Å². The van der Waals surface area contributed by atoms with E-state index in [0.29, 0.717) is 0 Å². The molecule has 174 valence electrons. The lowest BCUT2D eigenvalue weighted by atomic mass is 10.1. The molecule has 37 heavy (non-hydrogen) atoms. The minimum absolute atomic E-state index is 0.772. The van der Waals surface area contributed by atoms with Gasteiger partial charge in [0.05, 0.1) is 38.5 Å². The van der Waals surface area contributed by atoms with E-state index in [0.717, 1.165) is 32.5 Å². The van der Waals surface area contributed by atoms with Gasteiger partial charge in [0, 0.05) is 26.9 Å². The van der Waals surface area contributed by atoms with Crippen LogP contribution in [0.25, 0.3) is 65.8 Å². The van der Waals surface area contributed by atoms with Crippen molar-refractivity contribution in [3.63, 3.8) is 0 Å². The maximum atomic E-state index is 6.79. The molecule has 6 aromatic carbocycles. The molecular formula is C34H21ClN2. The molecular weight excluding hydrogens is 472 g/mol. The highest BCUT2D eigenvalue weighted by atomic mass is 35.5. The van der Waals surface area contributed by atoms with Gasteiger partial charge < -0.3 is 9.13 Å². The highest BCUT2D eigenvalue weighted by Crippen LogP contribution is 2.41. The van der Waals surface area contributed by atoms with E-state index in [-0.39, 0.29) is 0 Å². The summed E-state index contributed by atoms with van der Waals surface area (Å²) in [5.41, 5.74) is 6.94. The van der Waals surface area contributed by atoms with Gasteiger partial charge in [-0.25, -0.2) is 0 Å². The Morgan fingerprint density at radius 3 is 1.84 bits per heavy atom. The molecule has 0 fully saturated rings. The second kappa shape index (κ2) is 7.73. The van der Waals surface area contributed by atoms with E-state index in [2.05, 4.69) is 124 Å². The zero-order valence-electron chi connectivity index (χ0n) is 19.9. The average Bonchev–Trinajstić information content (AvgIpc) is 3.47. The molecule has 0 amide bonds. The van der Waals surface area contributed by atoms with E-state index in [1.54, 1.807) is 0 Å². The Kier molecular flexibility index (Phi) is 4.31. The van der Waals surface area contributed by atoms with Crippen molar-refractivity contribution >= 4 is 66.0 Å². The molecule has 0 saturated carbocycles. The van der Waals surface area contributed by atoms with Crippen molar-refractivity contribution in [3.8, 4) is 11.4 Å². The Bertz CT molecular complexity index is 2160.